The van der Waals surface area contributed by atoms with Crippen molar-refractivity contribution in [2.24, 2.45) is 0 Å². The molecule has 0 unspecified atom stereocenters. The second kappa shape index (κ2) is 5.18. The lowest BCUT2D eigenvalue weighted by Gasteiger charge is -2.05. The highest BCUT2D eigenvalue weighted by molar-refractivity contribution is 7.92. The Hall–Kier alpha value is -1.89. The first-order chi connectivity index (χ1) is 8.62. The van der Waals surface area contributed by atoms with E-state index < -0.39 is 10.0 Å². The molecular formula is C11H14N4O2S. The van der Waals surface area contributed by atoms with E-state index in [2.05, 4.69) is 26.8 Å². The van der Waals surface area contributed by atoms with Crippen molar-refractivity contribution >= 4 is 16.0 Å². The number of nitrogens with one attached hydrogen (secondary N) is 2. The molecule has 0 saturated carbocycles. The molecule has 1 aromatic heterocycles. The Kier molecular flexibility index (Phi) is 3.61. The van der Waals surface area contributed by atoms with E-state index in [1.54, 1.807) is 12.1 Å². The molecule has 0 aliphatic heterocycles. The average Bonchev–Trinajstić information content (AvgIpc) is 2.82. The molecule has 7 heteroatoms. The standard InChI is InChI=1S/C11H14N4O2S/c1-2-3-9-4-6-10(7-5-9)18(16,17)15-11-12-8-13-14-11/h4-8H,2-3H2,1H3,(H2,12,13,14,15). The fourth-order valence-corrected chi connectivity index (χ4v) is 2.53. The highest BCUT2D eigenvalue weighted by Crippen LogP contribution is 2.14. The summed E-state index contributed by atoms with van der Waals surface area (Å²) in [4.78, 5) is 3.92. The molecular weight excluding hydrogens is 252 g/mol. The largest absolute Gasteiger partial charge is 0.264 e. The molecule has 0 amide bonds. The zero-order valence-corrected chi connectivity index (χ0v) is 10.7. The second-order valence-electron chi connectivity index (χ2n) is 3.83. The van der Waals surface area contributed by atoms with Crippen molar-refractivity contribution in [1.82, 2.24) is 15.2 Å². The third-order valence-electron chi connectivity index (χ3n) is 2.42. The second-order valence-corrected chi connectivity index (χ2v) is 5.52. The number of H-pyrrole nitrogens is 1. The maximum Gasteiger partial charge on any atom is 0.264 e. The van der Waals surface area contributed by atoms with E-state index in [-0.39, 0.29) is 10.8 Å². The third kappa shape index (κ3) is 2.86. The smallest absolute Gasteiger partial charge is 0.248 e. The van der Waals surface area contributed by atoms with Gasteiger partial charge in [0.2, 0.25) is 5.95 Å². The van der Waals surface area contributed by atoms with Crippen molar-refractivity contribution in [1.29, 1.82) is 0 Å². The number of aryl methyl sites for hydroxylation is 1. The van der Waals surface area contributed by atoms with E-state index in [0.29, 0.717) is 0 Å². The molecule has 0 bridgehead atoms. The van der Waals surface area contributed by atoms with Gasteiger partial charge in [0, 0.05) is 0 Å². The van der Waals surface area contributed by atoms with Crippen LogP contribution < -0.4 is 4.72 Å². The highest BCUT2D eigenvalue weighted by atomic mass is 32.2. The minimum atomic E-state index is -3.60. The van der Waals surface area contributed by atoms with Gasteiger partial charge in [0.25, 0.3) is 10.0 Å². The number of rotatable bonds is 5. The molecule has 1 aromatic carbocycles. The van der Waals surface area contributed by atoms with Crippen molar-refractivity contribution in [2.75, 3.05) is 4.72 Å². The normalized spacial score (nSPS) is 11.4. The number of nitrogens with zero attached hydrogens (tertiary/aromatic N) is 2. The Balaban J connectivity index is 2.19. The summed E-state index contributed by atoms with van der Waals surface area (Å²) in [5.74, 6) is 0.104. The zero-order chi connectivity index (χ0) is 13.0. The van der Waals surface area contributed by atoms with E-state index in [9.17, 15) is 8.42 Å². The maximum absolute atomic E-state index is 12.0. The Bertz CT molecular complexity index is 590. The number of anilines is 1. The zero-order valence-electron chi connectivity index (χ0n) is 9.92. The van der Waals surface area contributed by atoms with Gasteiger partial charge in [-0.2, -0.15) is 10.1 Å². The van der Waals surface area contributed by atoms with Crippen LogP contribution in [0.2, 0.25) is 0 Å². The van der Waals surface area contributed by atoms with Crippen LogP contribution in [0, 0.1) is 0 Å². The molecule has 6 nitrogen and oxygen atoms in total. The maximum atomic E-state index is 12.0. The molecule has 0 atom stereocenters. The summed E-state index contributed by atoms with van der Waals surface area (Å²) in [7, 11) is -3.60. The molecule has 0 saturated heterocycles. The summed E-state index contributed by atoms with van der Waals surface area (Å²) >= 11 is 0. The van der Waals surface area contributed by atoms with E-state index in [0.717, 1.165) is 18.4 Å². The van der Waals surface area contributed by atoms with E-state index in [1.165, 1.54) is 6.33 Å². The summed E-state index contributed by atoms with van der Waals surface area (Å²) in [6, 6.07) is 6.81. The van der Waals surface area contributed by atoms with Gasteiger partial charge in [-0.25, -0.2) is 18.2 Å². The summed E-state index contributed by atoms with van der Waals surface area (Å²) in [5.41, 5.74) is 1.12. The van der Waals surface area contributed by atoms with Gasteiger partial charge in [0.05, 0.1) is 4.90 Å². The first-order valence-corrected chi connectivity index (χ1v) is 7.07. The number of aromatic amines is 1. The fourth-order valence-electron chi connectivity index (χ4n) is 1.56. The minimum absolute atomic E-state index is 0.104. The van der Waals surface area contributed by atoms with Gasteiger partial charge in [-0.1, -0.05) is 25.5 Å². The SMILES string of the molecule is CCCc1ccc(S(=O)(=O)Nc2ncn[nH]2)cc1. The Morgan fingerprint density at radius 2 is 2.00 bits per heavy atom. The molecule has 0 aliphatic carbocycles. The predicted molar refractivity (Wildman–Crippen MR) is 67.6 cm³/mol. The number of hydrogen-bond acceptors (Lipinski definition) is 4. The topological polar surface area (TPSA) is 87.7 Å². The summed E-state index contributed by atoms with van der Waals surface area (Å²) in [5, 5.41) is 6.02. The van der Waals surface area contributed by atoms with Gasteiger partial charge in [0.1, 0.15) is 6.33 Å². The summed E-state index contributed by atoms with van der Waals surface area (Å²) in [6.45, 7) is 2.08. The van der Waals surface area contributed by atoms with Crippen LogP contribution in [0.1, 0.15) is 18.9 Å². The van der Waals surface area contributed by atoms with Crippen LogP contribution in [-0.2, 0) is 16.4 Å². The molecule has 2 N–H and O–H groups in total. The van der Waals surface area contributed by atoms with E-state index in [4.69, 9.17) is 0 Å². The van der Waals surface area contributed by atoms with Crippen molar-refractivity contribution < 1.29 is 8.42 Å². The fraction of sp³-hybridized carbons (Fsp3) is 0.273. The van der Waals surface area contributed by atoms with Crippen LogP contribution in [0.5, 0.6) is 0 Å². The van der Waals surface area contributed by atoms with E-state index >= 15 is 0 Å². The van der Waals surface area contributed by atoms with Crippen LogP contribution in [0.3, 0.4) is 0 Å². The van der Waals surface area contributed by atoms with Crippen molar-refractivity contribution in [3.63, 3.8) is 0 Å². The molecule has 1 heterocycles. The molecule has 18 heavy (non-hydrogen) atoms. The molecule has 0 aliphatic rings. The van der Waals surface area contributed by atoms with Gasteiger partial charge in [0.15, 0.2) is 0 Å². The van der Waals surface area contributed by atoms with Crippen LogP contribution >= 0.6 is 0 Å². The van der Waals surface area contributed by atoms with E-state index in [1.807, 2.05) is 12.1 Å². The monoisotopic (exact) mass is 266 g/mol. The lowest BCUT2D eigenvalue weighted by atomic mass is 10.1. The van der Waals surface area contributed by atoms with Crippen LogP contribution in [-0.4, -0.2) is 23.6 Å². The van der Waals surface area contributed by atoms with Gasteiger partial charge >= 0.3 is 0 Å². The predicted octanol–water partition coefficient (Wildman–Crippen LogP) is 1.56. The average molecular weight is 266 g/mol. The van der Waals surface area contributed by atoms with Gasteiger partial charge in [-0.05, 0) is 24.1 Å². The molecule has 96 valence electrons. The number of sulfonamides is 1. The first kappa shape index (κ1) is 12.6. The quantitative estimate of drug-likeness (QED) is 0.859. The Morgan fingerprint density at radius 1 is 1.28 bits per heavy atom. The van der Waals surface area contributed by atoms with Gasteiger partial charge in [-0.3, -0.25) is 0 Å². The number of hydrogen-bond donors (Lipinski definition) is 2. The Morgan fingerprint density at radius 3 is 2.56 bits per heavy atom. The third-order valence-corrected chi connectivity index (χ3v) is 3.77. The number of aromatic nitrogens is 3. The van der Waals surface area contributed by atoms with Gasteiger partial charge in [-0.15, -0.1) is 0 Å². The molecule has 0 fully saturated rings. The van der Waals surface area contributed by atoms with Crippen LogP contribution in [0.25, 0.3) is 0 Å². The molecule has 0 spiro atoms. The van der Waals surface area contributed by atoms with Crippen LogP contribution in [0.4, 0.5) is 5.95 Å². The summed E-state index contributed by atoms with van der Waals surface area (Å²) < 4.78 is 26.2. The van der Waals surface area contributed by atoms with Crippen LogP contribution in [0.15, 0.2) is 35.5 Å². The molecule has 2 aromatic rings. The minimum Gasteiger partial charge on any atom is -0.248 e. The lowest BCUT2D eigenvalue weighted by molar-refractivity contribution is 0.601. The summed E-state index contributed by atoms with van der Waals surface area (Å²) in [6.07, 6.45) is 3.21. The highest BCUT2D eigenvalue weighted by Gasteiger charge is 2.15. The first-order valence-electron chi connectivity index (χ1n) is 5.59. The van der Waals surface area contributed by atoms with Gasteiger partial charge < -0.3 is 0 Å². The Labute approximate surface area is 106 Å². The van der Waals surface area contributed by atoms with Crippen molar-refractivity contribution in [3.8, 4) is 0 Å². The molecule has 2 rings (SSSR count). The number of benzene rings is 1. The van der Waals surface area contributed by atoms with Crippen molar-refractivity contribution in [3.05, 3.63) is 36.2 Å². The molecule has 0 radical (unpaired) electrons. The lowest BCUT2D eigenvalue weighted by Crippen LogP contribution is -2.14. The van der Waals surface area contributed by atoms with Crippen molar-refractivity contribution in [2.45, 2.75) is 24.7 Å².